The third-order valence-corrected chi connectivity index (χ3v) is 15.1. The second-order valence-corrected chi connectivity index (χ2v) is 19.9. The lowest BCUT2D eigenvalue weighted by Gasteiger charge is -2.16. The van der Waals surface area contributed by atoms with Crippen molar-refractivity contribution in [3.8, 4) is 84.9 Å². The van der Waals surface area contributed by atoms with Crippen LogP contribution in [0.3, 0.4) is 0 Å². The molecule has 16 rings (SSSR count). The predicted octanol–water partition coefficient (Wildman–Crippen LogP) is 15.6. The van der Waals surface area contributed by atoms with E-state index in [9.17, 15) is 0 Å². The average Bonchev–Trinajstić information content (AvgIpc) is 4.15. The Morgan fingerprint density at radius 2 is 0.704 bits per heavy atom. The normalized spacial score (nSPS) is 11.7. The molecule has 16 aromatic rings. The van der Waals surface area contributed by atoms with Crippen molar-refractivity contribution in [2.75, 3.05) is 0 Å². The number of pyridine rings is 6. The zero-order valence-electron chi connectivity index (χ0n) is 43.0. The van der Waals surface area contributed by atoms with Crippen molar-refractivity contribution in [1.29, 1.82) is 0 Å². The Kier molecular flexibility index (Phi) is 10.6. The Labute approximate surface area is 461 Å². The molecule has 0 N–H and O–H groups in total. The van der Waals surface area contributed by atoms with E-state index in [-0.39, 0.29) is 0 Å². The fourth-order valence-corrected chi connectivity index (χ4v) is 11.4. The van der Waals surface area contributed by atoms with Crippen molar-refractivity contribution in [3.05, 3.63) is 244 Å². The van der Waals surface area contributed by atoms with Gasteiger partial charge >= 0.3 is 0 Å². The van der Waals surface area contributed by atoms with E-state index in [1.54, 1.807) is 0 Å². The lowest BCUT2D eigenvalue weighted by Crippen LogP contribution is -2.02. The van der Waals surface area contributed by atoms with E-state index in [0.717, 1.165) is 110 Å². The highest BCUT2D eigenvalue weighted by atomic mass is 15.1. The van der Waals surface area contributed by atoms with Gasteiger partial charge in [0.2, 0.25) is 0 Å². The molecule has 0 bridgehead atoms. The van der Waals surface area contributed by atoms with E-state index in [1.807, 2.05) is 116 Å². The molecule has 9 aromatic heterocycles. The molecule has 0 spiro atoms. The second kappa shape index (κ2) is 18.7. The summed E-state index contributed by atoms with van der Waals surface area (Å²) in [5, 5.41) is 6.77. The Hall–Kier alpha value is -11.4. The molecule has 0 aliphatic rings. The molecule has 0 aliphatic heterocycles. The molecule has 0 saturated heterocycles. The summed E-state index contributed by atoms with van der Waals surface area (Å²) in [7, 11) is 0. The Morgan fingerprint density at radius 3 is 1.17 bits per heavy atom. The lowest BCUT2D eigenvalue weighted by molar-refractivity contribution is 1.10. The summed E-state index contributed by atoms with van der Waals surface area (Å²) in [6.07, 6.45) is 12.8. The standard InChI is InChI=1S/C69H40N12/c1-2-21-48(22-3-1)81-66-49-28-34-70-40-55(49)64-54(27-12-33-75-64)65(66)80-69(81)47-36-45(67-76-56(50-23-4-13-41-17-8-29-71-60(41)50)38-57(77-67)51-24-5-14-42-18-9-30-72-61(42)51)35-46(37-47)68-78-58(52-25-6-15-43-19-10-31-73-62(43)52)39-59(79-68)53-26-7-16-44-20-11-32-74-63(44)53/h1-40H. The van der Waals surface area contributed by atoms with Gasteiger partial charge in [-0.05, 0) is 84.9 Å². The van der Waals surface area contributed by atoms with Gasteiger partial charge in [-0.25, -0.2) is 24.9 Å². The molecule has 12 heteroatoms. The van der Waals surface area contributed by atoms with Gasteiger partial charge in [0.1, 0.15) is 5.82 Å². The monoisotopic (exact) mass is 1040 g/mol. The van der Waals surface area contributed by atoms with Gasteiger partial charge in [-0.3, -0.25) is 34.5 Å². The molecule has 9 heterocycles. The third kappa shape index (κ3) is 7.72. The lowest BCUT2D eigenvalue weighted by atomic mass is 10.00. The maximum atomic E-state index is 5.69. The van der Waals surface area contributed by atoms with Crippen LogP contribution in [-0.2, 0) is 0 Å². The van der Waals surface area contributed by atoms with Crippen LogP contribution in [0.2, 0.25) is 0 Å². The zero-order valence-corrected chi connectivity index (χ0v) is 43.0. The first-order valence-electron chi connectivity index (χ1n) is 26.5. The number of para-hydroxylation sites is 5. The Morgan fingerprint density at radius 1 is 0.284 bits per heavy atom. The number of rotatable bonds is 8. The quantitative estimate of drug-likeness (QED) is 0.134. The SMILES string of the molecule is c1ccc(-n2c(-c3cc(-c4nc(-c5cccc6cccnc56)cc(-c5cccc6cccnc56)n4)cc(-c4nc(-c5cccc6cccnc56)cc(-c5cccc6cccnc56)n4)c3)nc3c4cccnc4c4cnccc4c32)cc1. The Bertz CT molecular complexity index is 4770. The molecule has 0 amide bonds. The largest absolute Gasteiger partial charge is 0.292 e. The van der Waals surface area contributed by atoms with Crippen molar-refractivity contribution in [1.82, 2.24) is 59.4 Å². The topological polar surface area (TPSA) is 147 Å². The second-order valence-electron chi connectivity index (χ2n) is 19.9. The van der Waals surface area contributed by atoms with Crippen LogP contribution < -0.4 is 0 Å². The minimum atomic E-state index is 0.466. The molecule has 7 aromatic carbocycles. The molecule has 0 atom stereocenters. The van der Waals surface area contributed by atoms with Crippen LogP contribution in [0, 0.1) is 0 Å². The highest BCUT2D eigenvalue weighted by molar-refractivity contribution is 6.23. The van der Waals surface area contributed by atoms with E-state index < -0.39 is 0 Å². The first kappa shape index (κ1) is 45.8. The van der Waals surface area contributed by atoms with Crippen LogP contribution in [0.4, 0.5) is 0 Å². The molecule has 0 fully saturated rings. The van der Waals surface area contributed by atoms with Crippen molar-refractivity contribution in [2.45, 2.75) is 0 Å². The summed E-state index contributed by atoms with van der Waals surface area (Å²) >= 11 is 0. The summed E-state index contributed by atoms with van der Waals surface area (Å²) in [5.74, 6) is 1.61. The van der Waals surface area contributed by atoms with Gasteiger partial charge < -0.3 is 0 Å². The number of aromatic nitrogens is 12. The summed E-state index contributed by atoms with van der Waals surface area (Å²) in [4.78, 5) is 57.0. The third-order valence-electron chi connectivity index (χ3n) is 15.1. The number of benzene rings is 7. The summed E-state index contributed by atoms with van der Waals surface area (Å²) in [6, 6.07) is 67.8. The Balaban J connectivity index is 1.03. The van der Waals surface area contributed by atoms with E-state index in [4.69, 9.17) is 49.8 Å². The van der Waals surface area contributed by atoms with Crippen LogP contribution in [0.1, 0.15) is 0 Å². The highest BCUT2D eigenvalue weighted by Gasteiger charge is 2.25. The highest BCUT2D eigenvalue weighted by Crippen LogP contribution is 2.42. The number of hydrogen-bond acceptors (Lipinski definition) is 11. The maximum Gasteiger partial charge on any atom is 0.160 e. The fraction of sp³-hybridized carbons (Fsp3) is 0. The van der Waals surface area contributed by atoms with Gasteiger partial charge in [0.15, 0.2) is 11.6 Å². The van der Waals surface area contributed by atoms with E-state index >= 15 is 0 Å². The van der Waals surface area contributed by atoms with Crippen molar-refractivity contribution in [3.63, 3.8) is 0 Å². The molecular weight excluding hydrogens is 997 g/mol. The molecule has 12 nitrogen and oxygen atoms in total. The molecule has 0 saturated carbocycles. The minimum absolute atomic E-state index is 0.466. The molecule has 376 valence electrons. The summed E-state index contributed by atoms with van der Waals surface area (Å²) in [5.41, 5.74) is 15.2. The van der Waals surface area contributed by atoms with Gasteiger partial charge in [0.05, 0.1) is 61.4 Å². The summed E-state index contributed by atoms with van der Waals surface area (Å²) in [6.45, 7) is 0. The minimum Gasteiger partial charge on any atom is -0.292 e. The number of imidazole rings is 1. The molecule has 0 radical (unpaired) electrons. The van der Waals surface area contributed by atoms with Crippen LogP contribution in [0.25, 0.3) is 161 Å². The van der Waals surface area contributed by atoms with Crippen molar-refractivity contribution >= 4 is 76.3 Å². The van der Waals surface area contributed by atoms with Crippen LogP contribution in [-0.4, -0.2) is 59.4 Å². The molecule has 0 aliphatic carbocycles. The first-order chi connectivity index (χ1) is 40.1. The summed E-state index contributed by atoms with van der Waals surface area (Å²) < 4.78 is 2.24. The van der Waals surface area contributed by atoms with Gasteiger partial charge in [-0.2, -0.15) is 0 Å². The van der Waals surface area contributed by atoms with E-state index in [2.05, 4.69) is 137 Å². The maximum absolute atomic E-state index is 5.69. The van der Waals surface area contributed by atoms with Gasteiger partial charge in [-0.1, -0.05) is 115 Å². The van der Waals surface area contributed by atoms with Crippen LogP contribution in [0.15, 0.2) is 244 Å². The number of fused-ring (bicyclic) bond motifs is 10. The predicted molar refractivity (Wildman–Crippen MR) is 322 cm³/mol. The van der Waals surface area contributed by atoms with Crippen LogP contribution in [0.5, 0.6) is 0 Å². The van der Waals surface area contributed by atoms with Crippen molar-refractivity contribution in [2.24, 2.45) is 0 Å². The number of hydrogen-bond donors (Lipinski definition) is 0. The van der Waals surface area contributed by atoms with Crippen molar-refractivity contribution < 1.29 is 0 Å². The fourth-order valence-electron chi connectivity index (χ4n) is 11.4. The first-order valence-corrected chi connectivity index (χ1v) is 26.5. The van der Waals surface area contributed by atoms with E-state index in [1.165, 1.54) is 0 Å². The molecule has 81 heavy (non-hydrogen) atoms. The molecule has 0 unspecified atom stereocenters. The van der Waals surface area contributed by atoms with Crippen LogP contribution >= 0.6 is 0 Å². The average molecular weight is 1040 g/mol. The van der Waals surface area contributed by atoms with Gasteiger partial charge in [0, 0.05) is 126 Å². The van der Waals surface area contributed by atoms with E-state index in [0.29, 0.717) is 51.4 Å². The zero-order chi connectivity index (χ0) is 53.4. The van der Waals surface area contributed by atoms with Gasteiger partial charge in [-0.15, -0.1) is 0 Å². The van der Waals surface area contributed by atoms with Gasteiger partial charge in [0.25, 0.3) is 0 Å². The molecular formula is C69H40N12. The number of nitrogens with zero attached hydrogens (tertiary/aromatic N) is 12. The smallest absolute Gasteiger partial charge is 0.160 e.